The van der Waals surface area contributed by atoms with E-state index in [0.29, 0.717) is 26.2 Å². The van der Waals surface area contributed by atoms with Crippen LogP contribution in [0.1, 0.15) is 12.0 Å². The number of benzene rings is 2. The van der Waals surface area contributed by atoms with Crippen molar-refractivity contribution in [1.29, 1.82) is 0 Å². The van der Waals surface area contributed by atoms with Gasteiger partial charge in [-0.25, -0.2) is 12.8 Å². The van der Waals surface area contributed by atoms with Gasteiger partial charge in [0.1, 0.15) is 11.6 Å². The molecule has 0 unspecified atom stereocenters. The van der Waals surface area contributed by atoms with Gasteiger partial charge in [0, 0.05) is 43.9 Å². The van der Waals surface area contributed by atoms with Gasteiger partial charge in [-0.15, -0.1) is 0 Å². The highest BCUT2D eigenvalue weighted by molar-refractivity contribution is 7.89. The summed E-state index contributed by atoms with van der Waals surface area (Å²) in [4.78, 5) is 2.06. The Kier molecular flexibility index (Phi) is 6.55. The highest BCUT2D eigenvalue weighted by Gasteiger charge is 2.26. The molecule has 28 heavy (non-hydrogen) atoms. The molecule has 0 bridgehead atoms. The van der Waals surface area contributed by atoms with Gasteiger partial charge in [0.05, 0.1) is 12.9 Å². The van der Waals surface area contributed by atoms with E-state index >= 15 is 0 Å². The molecule has 0 aliphatic carbocycles. The van der Waals surface area contributed by atoms with Crippen LogP contribution in [0.3, 0.4) is 0 Å². The molecule has 1 saturated heterocycles. The minimum absolute atomic E-state index is 0.000513. The largest absolute Gasteiger partial charge is 0.497 e. The predicted molar refractivity (Wildman–Crippen MR) is 108 cm³/mol. The topological polar surface area (TPSA) is 49.9 Å². The zero-order chi connectivity index (χ0) is 20.0. The molecule has 0 atom stereocenters. The lowest BCUT2D eigenvalue weighted by molar-refractivity contribution is 0.385. The lowest BCUT2D eigenvalue weighted by Gasteiger charge is -2.35. The molecule has 0 amide bonds. The van der Waals surface area contributed by atoms with Gasteiger partial charge in [-0.2, -0.15) is 4.31 Å². The van der Waals surface area contributed by atoms with Crippen molar-refractivity contribution < 1.29 is 17.5 Å². The Balaban J connectivity index is 1.51. The molecular formula is C21H23FN2O3S. The smallest absolute Gasteiger partial charge is 0.215 e. The molecule has 3 rings (SSSR count). The first-order valence-electron chi connectivity index (χ1n) is 9.09. The lowest BCUT2D eigenvalue weighted by atomic mass is 10.2. The summed E-state index contributed by atoms with van der Waals surface area (Å²) < 4.78 is 44.8. The molecule has 1 fully saturated rings. The Morgan fingerprint density at radius 2 is 1.79 bits per heavy atom. The number of hydrogen-bond donors (Lipinski definition) is 0. The fourth-order valence-corrected chi connectivity index (χ4v) is 4.39. The standard InChI is InChI=1S/C21H23FN2O3S/c1-27-21-7-4-6-18(17-21)5-2-3-16-28(25,26)24-14-12-23(13-15-24)20-10-8-19(22)9-11-20/h4,6-11,17H,3,12-16H2,1H3. The third-order valence-electron chi connectivity index (χ3n) is 4.61. The molecule has 7 heteroatoms. The number of rotatable bonds is 5. The van der Waals surface area contributed by atoms with Gasteiger partial charge in [-0.1, -0.05) is 17.9 Å². The van der Waals surface area contributed by atoms with Gasteiger partial charge in [-0.3, -0.25) is 0 Å². The Hall–Kier alpha value is -2.56. The quantitative estimate of drug-likeness (QED) is 0.722. The second-order valence-corrected chi connectivity index (χ2v) is 8.55. The van der Waals surface area contributed by atoms with Crippen LogP contribution in [-0.2, 0) is 10.0 Å². The van der Waals surface area contributed by atoms with Gasteiger partial charge in [0.2, 0.25) is 10.0 Å². The molecule has 2 aromatic rings. The first kappa shape index (κ1) is 20.2. The molecule has 1 aliphatic heterocycles. The Labute approximate surface area is 165 Å². The maximum absolute atomic E-state index is 13.0. The summed E-state index contributed by atoms with van der Waals surface area (Å²) in [5, 5.41) is 0. The van der Waals surface area contributed by atoms with E-state index in [1.54, 1.807) is 19.2 Å². The van der Waals surface area contributed by atoms with Crippen molar-refractivity contribution in [2.45, 2.75) is 6.42 Å². The van der Waals surface area contributed by atoms with E-state index in [9.17, 15) is 12.8 Å². The van der Waals surface area contributed by atoms with Gasteiger partial charge >= 0.3 is 0 Å². The van der Waals surface area contributed by atoms with Crippen LogP contribution in [0.15, 0.2) is 48.5 Å². The highest BCUT2D eigenvalue weighted by atomic mass is 32.2. The van der Waals surface area contributed by atoms with E-state index in [-0.39, 0.29) is 18.0 Å². The average Bonchev–Trinajstić information content (AvgIpc) is 2.72. The van der Waals surface area contributed by atoms with Crippen molar-refractivity contribution in [1.82, 2.24) is 4.31 Å². The number of nitrogens with zero attached hydrogens (tertiary/aromatic N) is 2. The first-order chi connectivity index (χ1) is 13.5. The summed E-state index contributed by atoms with van der Waals surface area (Å²) in [6.45, 7) is 2.01. The van der Waals surface area contributed by atoms with Gasteiger partial charge in [0.25, 0.3) is 0 Å². The molecule has 0 radical (unpaired) electrons. The molecule has 0 spiro atoms. The van der Waals surface area contributed by atoms with Crippen molar-refractivity contribution in [3.05, 3.63) is 59.9 Å². The third-order valence-corrected chi connectivity index (χ3v) is 6.48. The fraction of sp³-hybridized carbons (Fsp3) is 0.333. The van der Waals surface area contributed by atoms with E-state index in [4.69, 9.17) is 4.74 Å². The highest BCUT2D eigenvalue weighted by Crippen LogP contribution is 2.18. The summed E-state index contributed by atoms with van der Waals surface area (Å²) in [6.07, 6.45) is 0.276. The SMILES string of the molecule is COc1cccc(C#CCCS(=O)(=O)N2CCN(c3ccc(F)cc3)CC2)c1. The molecular weight excluding hydrogens is 379 g/mol. The van der Waals surface area contributed by atoms with Gasteiger partial charge in [0.15, 0.2) is 0 Å². The third kappa shape index (κ3) is 5.24. The minimum atomic E-state index is -3.34. The second kappa shape index (κ2) is 9.09. The first-order valence-corrected chi connectivity index (χ1v) is 10.7. The van der Waals surface area contributed by atoms with Crippen molar-refractivity contribution in [3.8, 4) is 17.6 Å². The molecule has 0 saturated carbocycles. The number of ether oxygens (including phenoxy) is 1. The monoisotopic (exact) mass is 402 g/mol. The van der Waals surface area contributed by atoms with Crippen molar-refractivity contribution in [2.24, 2.45) is 0 Å². The summed E-state index contributed by atoms with van der Waals surface area (Å²) in [5.74, 6) is 6.35. The Morgan fingerprint density at radius 1 is 1.07 bits per heavy atom. The van der Waals surface area contributed by atoms with Crippen LogP contribution in [0.4, 0.5) is 10.1 Å². The van der Waals surface area contributed by atoms with Crippen LogP contribution in [0.25, 0.3) is 0 Å². The maximum atomic E-state index is 13.0. The van der Waals surface area contributed by atoms with Crippen LogP contribution in [0.5, 0.6) is 5.75 Å². The zero-order valence-corrected chi connectivity index (χ0v) is 16.6. The van der Waals surface area contributed by atoms with E-state index in [0.717, 1.165) is 17.0 Å². The normalized spacial score (nSPS) is 15.0. The summed E-state index contributed by atoms with van der Waals surface area (Å²) in [7, 11) is -1.75. The van der Waals surface area contributed by atoms with Crippen molar-refractivity contribution in [3.63, 3.8) is 0 Å². The Bertz CT molecular complexity index is 957. The van der Waals surface area contributed by atoms with Crippen molar-refractivity contribution >= 4 is 15.7 Å². The molecule has 1 aliphatic rings. The number of hydrogen-bond acceptors (Lipinski definition) is 4. The molecule has 148 valence electrons. The summed E-state index contributed by atoms with van der Waals surface area (Å²) in [5.41, 5.74) is 1.70. The number of piperazine rings is 1. The Morgan fingerprint density at radius 3 is 2.46 bits per heavy atom. The fourth-order valence-electron chi connectivity index (χ4n) is 3.05. The average molecular weight is 402 g/mol. The molecule has 0 aromatic heterocycles. The number of methoxy groups -OCH3 is 1. The van der Waals surface area contributed by atoms with E-state index in [2.05, 4.69) is 16.7 Å². The summed E-state index contributed by atoms with van der Waals surface area (Å²) in [6, 6.07) is 13.6. The number of halogens is 1. The van der Waals surface area contributed by atoms with Crippen LogP contribution in [-0.4, -0.2) is 51.8 Å². The van der Waals surface area contributed by atoms with Crippen LogP contribution >= 0.6 is 0 Å². The van der Waals surface area contributed by atoms with E-state index in [1.165, 1.54) is 16.4 Å². The number of anilines is 1. The maximum Gasteiger partial charge on any atom is 0.215 e. The zero-order valence-electron chi connectivity index (χ0n) is 15.8. The van der Waals surface area contributed by atoms with Crippen LogP contribution in [0, 0.1) is 17.7 Å². The minimum Gasteiger partial charge on any atom is -0.497 e. The number of sulfonamides is 1. The molecule has 0 N–H and O–H groups in total. The van der Waals surface area contributed by atoms with Crippen LogP contribution in [0.2, 0.25) is 0 Å². The van der Waals surface area contributed by atoms with Gasteiger partial charge in [-0.05, 0) is 42.5 Å². The van der Waals surface area contributed by atoms with E-state index < -0.39 is 10.0 Å². The molecule has 1 heterocycles. The second-order valence-electron chi connectivity index (χ2n) is 6.46. The molecule has 2 aromatic carbocycles. The molecule has 5 nitrogen and oxygen atoms in total. The summed E-state index contributed by atoms with van der Waals surface area (Å²) >= 11 is 0. The predicted octanol–water partition coefficient (Wildman–Crippen LogP) is 2.73. The lowest BCUT2D eigenvalue weighted by Crippen LogP contribution is -2.49. The van der Waals surface area contributed by atoms with E-state index in [1.807, 2.05) is 24.3 Å². The van der Waals surface area contributed by atoms with Crippen molar-refractivity contribution in [2.75, 3.05) is 43.9 Å². The van der Waals surface area contributed by atoms with Crippen LogP contribution < -0.4 is 9.64 Å². The van der Waals surface area contributed by atoms with Gasteiger partial charge < -0.3 is 9.64 Å².